The van der Waals surface area contributed by atoms with E-state index >= 15 is 0 Å². The lowest BCUT2D eigenvalue weighted by Crippen LogP contribution is -1.93. The second-order valence-corrected chi connectivity index (χ2v) is 6.96. The summed E-state index contributed by atoms with van der Waals surface area (Å²) in [7, 11) is 0. The van der Waals surface area contributed by atoms with Crippen LogP contribution in [0.3, 0.4) is 0 Å². The molecule has 2 aromatic carbocycles. The number of hydrogen-bond acceptors (Lipinski definition) is 6. The summed E-state index contributed by atoms with van der Waals surface area (Å²) in [5.41, 5.74) is 6.03. The van der Waals surface area contributed by atoms with Gasteiger partial charge in [-0.15, -0.1) is 11.3 Å². The Morgan fingerprint density at radius 2 is 1.56 bits per heavy atom. The summed E-state index contributed by atoms with van der Waals surface area (Å²) in [4.78, 5) is 5.80. The van der Waals surface area contributed by atoms with Gasteiger partial charge in [-0.25, -0.2) is 4.98 Å². The molecule has 3 aromatic rings. The van der Waals surface area contributed by atoms with Gasteiger partial charge in [-0.05, 0) is 74.9 Å². The van der Waals surface area contributed by atoms with Gasteiger partial charge in [0, 0.05) is 10.4 Å². The maximum Gasteiger partial charge on any atom is 0.204 e. The van der Waals surface area contributed by atoms with Crippen molar-refractivity contribution in [2.45, 2.75) is 20.8 Å². The SMILES string of the molecule is CCOc1ccc(/C=N/Nc2nc(-c3ccc(OCC)cc3)c(C)s2)cc1. The molecule has 0 aliphatic carbocycles. The highest BCUT2D eigenvalue weighted by Gasteiger charge is 2.09. The monoisotopic (exact) mass is 381 g/mol. The number of nitrogens with zero attached hydrogens (tertiary/aromatic N) is 2. The van der Waals surface area contributed by atoms with E-state index in [4.69, 9.17) is 9.47 Å². The van der Waals surface area contributed by atoms with Crippen molar-refractivity contribution in [3.63, 3.8) is 0 Å². The lowest BCUT2D eigenvalue weighted by atomic mass is 10.1. The smallest absolute Gasteiger partial charge is 0.204 e. The summed E-state index contributed by atoms with van der Waals surface area (Å²) in [5.74, 6) is 1.73. The van der Waals surface area contributed by atoms with E-state index in [1.54, 1.807) is 17.6 Å². The molecule has 0 bridgehead atoms. The Morgan fingerprint density at radius 3 is 2.15 bits per heavy atom. The van der Waals surface area contributed by atoms with E-state index < -0.39 is 0 Å². The molecule has 0 saturated heterocycles. The van der Waals surface area contributed by atoms with Crippen LogP contribution in [0.4, 0.5) is 5.13 Å². The molecule has 1 heterocycles. The van der Waals surface area contributed by atoms with Crippen LogP contribution < -0.4 is 14.9 Å². The summed E-state index contributed by atoms with van der Waals surface area (Å²) in [6.45, 7) is 7.33. The van der Waals surface area contributed by atoms with Gasteiger partial charge in [-0.2, -0.15) is 5.10 Å². The summed E-state index contributed by atoms with van der Waals surface area (Å²) in [5, 5.41) is 5.05. The fraction of sp³-hybridized carbons (Fsp3) is 0.238. The van der Waals surface area contributed by atoms with Gasteiger partial charge >= 0.3 is 0 Å². The van der Waals surface area contributed by atoms with Crippen molar-refractivity contribution in [1.29, 1.82) is 0 Å². The first-order valence-electron chi connectivity index (χ1n) is 8.92. The largest absolute Gasteiger partial charge is 0.494 e. The fourth-order valence-electron chi connectivity index (χ4n) is 2.57. The minimum atomic E-state index is 0.662. The molecule has 0 aliphatic heterocycles. The maximum atomic E-state index is 5.49. The molecule has 140 valence electrons. The number of nitrogens with one attached hydrogen (secondary N) is 1. The number of aryl methyl sites for hydroxylation is 1. The summed E-state index contributed by atoms with van der Waals surface area (Å²) < 4.78 is 10.9. The Kier molecular flexibility index (Phi) is 6.44. The highest BCUT2D eigenvalue weighted by atomic mass is 32.1. The molecule has 3 rings (SSSR count). The maximum absolute atomic E-state index is 5.49. The van der Waals surface area contributed by atoms with Gasteiger partial charge < -0.3 is 9.47 Å². The van der Waals surface area contributed by atoms with Crippen molar-refractivity contribution in [3.05, 3.63) is 59.0 Å². The average molecular weight is 382 g/mol. The zero-order valence-electron chi connectivity index (χ0n) is 15.7. The van der Waals surface area contributed by atoms with Crippen molar-refractivity contribution in [1.82, 2.24) is 4.98 Å². The van der Waals surface area contributed by atoms with E-state index in [2.05, 4.69) is 22.4 Å². The first-order chi connectivity index (χ1) is 13.2. The van der Waals surface area contributed by atoms with Crippen LogP contribution >= 0.6 is 11.3 Å². The molecular weight excluding hydrogens is 358 g/mol. The number of rotatable bonds is 8. The number of thiazole rings is 1. The van der Waals surface area contributed by atoms with Crippen molar-refractivity contribution in [3.8, 4) is 22.8 Å². The normalized spacial score (nSPS) is 10.9. The molecule has 5 nitrogen and oxygen atoms in total. The van der Waals surface area contributed by atoms with Gasteiger partial charge in [-0.3, -0.25) is 5.43 Å². The topological polar surface area (TPSA) is 55.7 Å². The number of benzene rings is 2. The van der Waals surface area contributed by atoms with Gasteiger partial charge in [0.15, 0.2) is 0 Å². The molecular formula is C21H23N3O2S. The Bertz CT molecular complexity index is 887. The van der Waals surface area contributed by atoms with Crippen molar-refractivity contribution < 1.29 is 9.47 Å². The zero-order valence-corrected chi connectivity index (χ0v) is 16.5. The Hall–Kier alpha value is -2.86. The van der Waals surface area contributed by atoms with Gasteiger partial charge in [-0.1, -0.05) is 0 Å². The van der Waals surface area contributed by atoms with E-state index in [1.807, 2.05) is 62.4 Å². The van der Waals surface area contributed by atoms with Crippen LogP contribution in [0.1, 0.15) is 24.3 Å². The van der Waals surface area contributed by atoms with E-state index in [-0.39, 0.29) is 0 Å². The van der Waals surface area contributed by atoms with Gasteiger partial charge in [0.2, 0.25) is 5.13 Å². The number of hydrazone groups is 1. The number of aromatic nitrogens is 1. The molecule has 0 aliphatic rings. The van der Waals surface area contributed by atoms with Crippen LogP contribution in [0, 0.1) is 6.92 Å². The minimum absolute atomic E-state index is 0.662. The number of hydrogen-bond donors (Lipinski definition) is 1. The Balaban J connectivity index is 1.65. The average Bonchev–Trinajstić information content (AvgIpc) is 3.05. The van der Waals surface area contributed by atoms with Crippen LogP contribution in [0.25, 0.3) is 11.3 Å². The lowest BCUT2D eigenvalue weighted by molar-refractivity contribution is 0.340. The van der Waals surface area contributed by atoms with Crippen molar-refractivity contribution in [2.75, 3.05) is 18.6 Å². The first-order valence-corrected chi connectivity index (χ1v) is 9.73. The van der Waals surface area contributed by atoms with Crippen LogP contribution in [0.5, 0.6) is 11.5 Å². The second-order valence-electron chi connectivity index (χ2n) is 5.75. The predicted octanol–water partition coefficient (Wildman–Crippen LogP) is 5.36. The van der Waals surface area contributed by atoms with Gasteiger partial charge in [0.05, 0.1) is 25.1 Å². The number of ether oxygens (including phenoxy) is 2. The van der Waals surface area contributed by atoms with E-state index in [9.17, 15) is 0 Å². The molecule has 1 N–H and O–H groups in total. The van der Waals surface area contributed by atoms with Gasteiger partial charge in [0.25, 0.3) is 0 Å². The minimum Gasteiger partial charge on any atom is -0.494 e. The third kappa shape index (κ3) is 5.08. The predicted molar refractivity (Wildman–Crippen MR) is 112 cm³/mol. The zero-order chi connectivity index (χ0) is 19.1. The molecule has 6 heteroatoms. The summed E-state index contributed by atoms with van der Waals surface area (Å²) in [6, 6.07) is 15.8. The van der Waals surface area contributed by atoms with E-state index in [0.717, 1.165) is 38.3 Å². The lowest BCUT2D eigenvalue weighted by Gasteiger charge is -2.03. The first kappa shape index (κ1) is 18.9. The van der Waals surface area contributed by atoms with Crippen LogP contribution in [0.2, 0.25) is 0 Å². The highest BCUT2D eigenvalue weighted by molar-refractivity contribution is 7.15. The molecule has 1 aromatic heterocycles. The van der Waals surface area contributed by atoms with Crippen LogP contribution in [-0.2, 0) is 0 Å². The standard InChI is InChI=1S/C21H23N3O2S/c1-4-25-18-10-6-16(7-11-18)14-22-24-21-23-20(15(3)27-21)17-8-12-19(13-9-17)26-5-2/h6-14H,4-5H2,1-3H3,(H,23,24)/b22-14+. The Labute approximate surface area is 163 Å². The Morgan fingerprint density at radius 1 is 0.963 bits per heavy atom. The molecule has 27 heavy (non-hydrogen) atoms. The second kappa shape index (κ2) is 9.19. The molecule has 0 amide bonds. The number of anilines is 1. The summed E-state index contributed by atoms with van der Waals surface area (Å²) >= 11 is 1.58. The third-order valence-corrected chi connectivity index (χ3v) is 4.68. The molecule has 0 radical (unpaired) electrons. The molecule has 0 atom stereocenters. The van der Waals surface area contributed by atoms with E-state index in [1.165, 1.54) is 0 Å². The molecule has 0 spiro atoms. The van der Waals surface area contributed by atoms with E-state index in [0.29, 0.717) is 13.2 Å². The summed E-state index contributed by atoms with van der Waals surface area (Å²) in [6.07, 6.45) is 1.77. The van der Waals surface area contributed by atoms with Crippen LogP contribution in [-0.4, -0.2) is 24.4 Å². The van der Waals surface area contributed by atoms with Crippen molar-refractivity contribution in [2.24, 2.45) is 5.10 Å². The fourth-order valence-corrected chi connectivity index (χ4v) is 3.35. The molecule has 0 fully saturated rings. The molecule has 0 saturated carbocycles. The molecule has 0 unspecified atom stereocenters. The highest BCUT2D eigenvalue weighted by Crippen LogP contribution is 2.31. The van der Waals surface area contributed by atoms with Crippen molar-refractivity contribution >= 4 is 22.7 Å². The third-order valence-electron chi connectivity index (χ3n) is 3.80. The van der Waals surface area contributed by atoms with Crippen LogP contribution in [0.15, 0.2) is 53.6 Å². The van der Waals surface area contributed by atoms with Gasteiger partial charge in [0.1, 0.15) is 11.5 Å². The quantitative estimate of drug-likeness (QED) is 0.421.